The van der Waals surface area contributed by atoms with E-state index >= 15 is 0 Å². The molecule has 0 spiro atoms. The number of rotatable bonds is 4. The summed E-state index contributed by atoms with van der Waals surface area (Å²) in [6.07, 6.45) is 1.28. The highest BCUT2D eigenvalue weighted by Crippen LogP contribution is 2.40. The normalized spacial score (nSPS) is 19.9. The maximum Gasteiger partial charge on any atom is 0.119 e. The van der Waals surface area contributed by atoms with E-state index in [9.17, 15) is 0 Å². The molecule has 1 heterocycles. The van der Waals surface area contributed by atoms with Crippen LogP contribution in [0, 0.1) is 11.8 Å². The Hall–Kier alpha value is -1.18. The van der Waals surface area contributed by atoms with Crippen molar-refractivity contribution >= 4 is 5.69 Å². The van der Waals surface area contributed by atoms with Crippen molar-refractivity contribution in [3.63, 3.8) is 0 Å². The molecule has 0 radical (unpaired) electrons. The Bertz CT molecular complexity index is 387. The molecule has 1 aromatic carbocycles. The van der Waals surface area contributed by atoms with Crippen molar-refractivity contribution in [3.05, 3.63) is 23.8 Å². The van der Waals surface area contributed by atoms with Crippen molar-refractivity contribution in [2.45, 2.75) is 33.1 Å². The van der Waals surface area contributed by atoms with E-state index in [1.165, 1.54) is 17.7 Å². The van der Waals surface area contributed by atoms with Crippen LogP contribution in [-0.4, -0.2) is 13.7 Å². The minimum Gasteiger partial charge on any atom is -0.497 e. The number of benzene rings is 1. The van der Waals surface area contributed by atoms with Crippen LogP contribution in [0.5, 0.6) is 5.75 Å². The third-order valence-corrected chi connectivity index (χ3v) is 3.70. The van der Waals surface area contributed by atoms with Gasteiger partial charge in [-0.25, -0.2) is 0 Å². The predicted octanol–water partition coefficient (Wildman–Crippen LogP) is 3.89. The van der Waals surface area contributed by atoms with Gasteiger partial charge in [0.25, 0.3) is 0 Å². The molecule has 1 N–H and O–H groups in total. The van der Waals surface area contributed by atoms with Crippen molar-refractivity contribution in [2.24, 2.45) is 11.8 Å². The SMILES string of the molecule is COc1ccc2c(c1)C(C(C)CC(C)C)CN2. The lowest BCUT2D eigenvalue weighted by atomic mass is 9.83. The first kappa shape index (κ1) is 12.3. The van der Waals surface area contributed by atoms with Gasteiger partial charge in [-0.2, -0.15) is 0 Å². The van der Waals surface area contributed by atoms with E-state index in [-0.39, 0.29) is 0 Å². The monoisotopic (exact) mass is 233 g/mol. The second-order valence-electron chi connectivity index (χ2n) is 5.55. The Morgan fingerprint density at radius 1 is 1.35 bits per heavy atom. The van der Waals surface area contributed by atoms with Gasteiger partial charge in [-0.05, 0) is 42.0 Å². The van der Waals surface area contributed by atoms with Gasteiger partial charge in [-0.1, -0.05) is 20.8 Å². The first-order chi connectivity index (χ1) is 8.11. The Labute approximate surface area is 104 Å². The maximum absolute atomic E-state index is 5.32. The summed E-state index contributed by atoms with van der Waals surface area (Å²) in [6, 6.07) is 6.36. The van der Waals surface area contributed by atoms with E-state index in [1.807, 2.05) is 6.07 Å². The van der Waals surface area contributed by atoms with Crippen LogP contribution in [0.25, 0.3) is 0 Å². The number of methoxy groups -OCH3 is 1. The molecule has 2 atom stereocenters. The summed E-state index contributed by atoms with van der Waals surface area (Å²) < 4.78 is 5.32. The van der Waals surface area contributed by atoms with Crippen LogP contribution < -0.4 is 10.1 Å². The Kier molecular flexibility index (Phi) is 3.60. The zero-order valence-corrected chi connectivity index (χ0v) is 11.3. The summed E-state index contributed by atoms with van der Waals surface area (Å²) in [7, 11) is 1.73. The quantitative estimate of drug-likeness (QED) is 0.852. The van der Waals surface area contributed by atoms with Gasteiger partial charge in [0.1, 0.15) is 5.75 Å². The fourth-order valence-corrected chi connectivity index (χ4v) is 2.88. The van der Waals surface area contributed by atoms with Crippen LogP contribution in [0.3, 0.4) is 0 Å². The molecule has 0 saturated carbocycles. The maximum atomic E-state index is 5.32. The highest BCUT2D eigenvalue weighted by atomic mass is 16.5. The van der Waals surface area contributed by atoms with E-state index < -0.39 is 0 Å². The van der Waals surface area contributed by atoms with E-state index in [4.69, 9.17) is 4.74 Å². The second-order valence-corrected chi connectivity index (χ2v) is 5.55. The molecule has 94 valence electrons. The highest BCUT2D eigenvalue weighted by molar-refractivity contribution is 5.60. The largest absolute Gasteiger partial charge is 0.497 e. The third-order valence-electron chi connectivity index (χ3n) is 3.70. The van der Waals surface area contributed by atoms with Gasteiger partial charge < -0.3 is 10.1 Å². The molecular formula is C15H23NO. The van der Waals surface area contributed by atoms with E-state index in [0.29, 0.717) is 5.92 Å². The van der Waals surface area contributed by atoms with Crippen LogP contribution in [-0.2, 0) is 0 Å². The van der Waals surface area contributed by atoms with Crippen molar-refractivity contribution < 1.29 is 4.74 Å². The van der Waals surface area contributed by atoms with Gasteiger partial charge in [-0.15, -0.1) is 0 Å². The molecule has 2 unspecified atom stereocenters. The lowest BCUT2D eigenvalue weighted by molar-refractivity contribution is 0.385. The molecule has 0 bridgehead atoms. The first-order valence-electron chi connectivity index (χ1n) is 6.53. The fraction of sp³-hybridized carbons (Fsp3) is 0.600. The minimum atomic E-state index is 0.627. The van der Waals surface area contributed by atoms with Gasteiger partial charge in [0, 0.05) is 18.2 Å². The molecular weight excluding hydrogens is 210 g/mol. The molecule has 2 rings (SSSR count). The average Bonchev–Trinajstić information content (AvgIpc) is 2.70. The zero-order valence-electron chi connectivity index (χ0n) is 11.3. The van der Waals surface area contributed by atoms with Gasteiger partial charge in [0.05, 0.1) is 7.11 Å². The molecule has 0 aromatic heterocycles. The molecule has 2 heteroatoms. The zero-order chi connectivity index (χ0) is 12.4. The third kappa shape index (κ3) is 2.56. The number of nitrogens with one attached hydrogen (secondary N) is 1. The topological polar surface area (TPSA) is 21.3 Å². The summed E-state index contributed by atoms with van der Waals surface area (Å²) >= 11 is 0. The summed E-state index contributed by atoms with van der Waals surface area (Å²) in [5, 5.41) is 3.50. The van der Waals surface area contributed by atoms with Crippen LogP contribution in [0.15, 0.2) is 18.2 Å². The molecule has 2 nitrogen and oxygen atoms in total. The summed E-state index contributed by atoms with van der Waals surface area (Å²) in [6.45, 7) is 8.02. The van der Waals surface area contributed by atoms with E-state index in [2.05, 4.69) is 38.2 Å². The van der Waals surface area contributed by atoms with Crippen molar-refractivity contribution in [3.8, 4) is 5.75 Å². The summed E-state index contributed by atoms with van der Waals surface area (Å²) in [4.78, 5) is 0. The number of ether oxygens (including phenoxy) is 1. The molecule has 0 aliphatic carbocycles. The van der Waals surface area contributed by atoms with Gasteiger partial charge in [0.15, 0.2) is 0 Å². The average molecular weight is 233 g/mol. The lowest BCUT2D eigenvalue weighted by Gasteiger charge is -2.21. The highest BCUT2D eigenvalue weighted by Gasteiger charge is 2.27. The van der Waals surface area contributed by atoms with Crippen molar-refractivity contribution in [1.29, 1.82) is 0 Å². The molecule has 0 amide bonds. The Morgan fingerprint density at radius 2 is 2.12 bits per heavy atom. The van der Waals surface area contributed by atoms with Crippen LogP contribution in [0.4, 0.5) is 5.69 Å². The van der Waals surface area contributed by atoms with Gasteiger partial charge in [-0.3, -0.25) is 0 Å². The number of anilines is 1. The van der Waals surface area contributed by atoms with Crippen molar-refractivity contribution in [2.75, 3.05) is 19.0 Å². The van der Waals surface area contributed by atoms with E-state index in [0.717, 1.165) is 24.1 Å². The predicted molar refractivity (Wildman–Crippen MR) is 72.8 cm³/mol. The van der Waals surface area contributed by atoms with E-state index in [1.54, 1.807) is 7.11 Å². The molecule has 0 fully saturated rings. The lowest BCUT2D eigenvalue weighted by Crippen LogP contribution is -2.14. The van der Waals surface area contributed by atoms with Gasteiger partial charge in [0.2, 0.25) is 0 Å². The fourth-order valence-electron chi connectivity index (χ4n) is 2.88. The van der Waals surface area contributed by atoms with Crippen LogP contribution in [0.1, 0.15) is 38.7 Å². The molecule has 0 saturated heterocycles. The van der Waals surface area contributed by atoms with Crippen LogP contribution in [0.2, 0.25) is 0 Å². The molecule has 1 aromatic rings. The molecule has 1 aliphatic rings. The summed E-state index contributed by atoms with van der Waals surface area (Å²) in [5.74, 6) is 3.08. The minimum absolute atomic E-state index is 0.627. The Morgan fingerprint density at radius 3 is 2.76 bits per heavy atom. The standard InChI is InChI=1S/C15H23NO/c1-10(2)7-11(3)14-9-16-15-6-5-12(17-4)8-13(14)15/h5-6,8,10-11,14,16H,7,9H2,1-4H3. The van der Waals surface area contributed by atoms with Crippen LogP contribution >= 0.6 is 0 Å². The number of fused-ring (bicyclic) bond motifs is 1. The molecule has 1 aliphatic heterocycles. The summed E-state index contributed by atoms with van der Waals surface area (Å²) in [5.41, 5.74) is 2.71. The Balaban J connectivity index is 2.20. The first-order valence-corrected chi connectivity index (χ1v) is 6.53. The van der Waals surface area contributed by atoms with Crippen molar-refractivity contribution in [1.82, 2.24) is 0 Å². The van der Waals surface area contributed by atoms with Gasteiger partial charge >= 0.3 is 0 Å². The smallest absolute Gasteiger partial charge is 0.119 e. The number of hydrogen-bond donors (Lipinski definition) is 1. The molecule has 17 heavy (non-hydrogen) atoms. The number of hydrogen-bond acceptors (Lipinski definition) is 2. The second kappa shape index (κ2) is 4.99.